The highest BCUT2D eigenvalue weighted by Gasteiger charge is 2.20. The van der Waals surface area contributed by atoms with Crippen molar-refractivity contribution in [3.63, 3.8) is 0 Å². The third-order valence-corrected chi connectivity index (χ3v) is 2.94. The summed E-state index contributed by atoms with van der Waals surface area (Å²) in [5, 5.41) is 11.1. The van der Waals surface area contributed by atoms with Crippen LogP contribution in [0.5, 0.6) is 0 Å². The summed E-state index contributed by atoms with van der Waals surface area (Å²) in [6, 6.07) is 9.17. The number of hydrogen-bond donors (Lipinski definition) is 2. The first-order valence-electron chi connectivity index (χ1n) is 5.27. The number of nitrogens with one attached hydrogen (secondary N) is 1. The van der Waals surface area contributed by atoms with E-state index in [0.717, 1.165) is 5.56 Å². The number of anilines is 1. The second-order valence-corrected chi connectivity index (χ2v) is 4.13. The summed E-state index contributed by atoms with van der Waals surface area (Å²) in [6.07, 6.45) is 1.63. The lowest BCUT2D eigenvalue weighted by Crippen LogP contribution is -1.89. The lowest BCUT2D eigenvalue weighted by molar-refractivity contribution is 0.435. The standard InChI is InChI=1S/C12H9ClN4O/c13-8-4-2-1-3-7(8)10-11(18-17-12(10)14)9-5-6-15-16-9/h1-6H,(H2,14,17)(H,15,16). The molecule has 0 radical (unpaired) electrons. The molecule has 0 saturated heterocycles. The van der Waals surface area contributed by atoms with E-state index >= 15 is 0 Å². The largest absolute Gasteiger partial charge is 0.380 e. The first kappa shape index (κ1) is 10.9. The van der Waals surface area contributed by atoms with E-state index in [9.17, 15) is 0 Å². The van der Waals surface area contributed by atoms with Crippen molar-refractivity contribution in [3.8, 4) is 22.6 Å². The molecule has 1 aromatic carbocycles. The Bertz CT molecular complexity index is 675. The number of aromatic amines is 1. The fourth-order valence-electron chi connectivity index (χ4n) is 1.79. The van der Waals surface area contributed by atoms with Crippen molar-refractivity contribution in [1.82, 2.24) is 15.4 Å². The van der Waals surface area contributed by atoms with Crippen molar-refractivity contribution in [1.29, 1.82) is 0 Å². The molecule has 90 valence electrons. The number of nitrogen functional groups attached to an aromatic ring is 1. The lowest BCUT2D eigenvalue weighted by Gasteiger charge is -2.03. The van der Waals surface area contributed by atoms with Gasteiger partial charge in [-0.15, -0.1) is 0 Å². The van der Waals surface area contributed by atoms with E-state index in [2.05, 4.69) is 15.4 Å². The third-order valence-electron chi connectivity index (χ3n) is 2.61. The Morgan fingerprint density at radius 2 is 2.06 bits per heavy atom. The second kappa shape index (κ2) is 4.19. The molecule has 3 N–H and O–H groups in total. The molecule has 2 heterocycles. The molecule has 3 rings (SSSR count). The van der Waals surface area contributed by atoms with Crippen LogP contribution in [0.3, 0.4) is 0 Å². The predicted molar refractivity (Wildman–Crippen MR) is 68.9 cm³/mol. The van der Waals surface area contributed by atoms with Gasteiger partial charge in [-0.2, -0.15) is 5.10 Å². The van der Waals surface area contributed by atoms with Crippen molar-refractivity contribution in [3.05, 3.63) is 41.6 Å². The van der Waals surface area contributed by atoms with Crippen molar-refractivity contribution < 1.29 is 4.52 Å². The maximum atomic E-state index is 6.17. The Morgan fingerprint density at radius 3 is 2.78 bits per heavy atom. The number of H-pyrrole nitrogens is 1. The Balaban J connectivity index is 2.24. The van der Waals surface area contributed by atoms with E-state index in [1.54, 1.807) is 18.3 Å². The van der Waals surface area contributed by atoms with Gasteiger partial charge in [0.15, 0.2) is 11.6 Å². The Labute approximate surface area is 108 Å². The number of rotatable bonds is 2. The van der Waals surface area contributed by atoms with Gasteiger partial charge in [0.2, 0.25) is 0 Å². The summed E-state index contributed by atoms with van der Waals surface area (Å²) in [6.45, 7) is 0. The van der Waals surface area contributed by atoms with Crippen molar-refractivity contribution in [2.24, 2.45) is 0 Å². The van der Waals surface area contributed by atoms with E-state index in [4.69, 9.17) is 21.9 Å². The van der Waals surface area contributed by atoms with Gasteiger partial charge in [0.1, 0.15) is 5.69 Å². The zero-order valence-corrected chi connectivity index (χ0v) is 9.98. The van der Waals surface area contributed by atoms with Gasteiger partial charge in [-0.3, -0.25) is 5.10 Å². The predicted octanol–water partition coefficient (Wildman–Crippen LogP) is 2.97. The highest BCUT2D eigenvalue weighted by molar-refractivity contribution is 6.33. The van der Waals surface area contributed by atoms with Crippen LogP contribution in [-0.4, -0.2) is 15.4 Å². The Hall–Kier alpha value is -2.27. The molecule has 0 aliphatic rings. The average Bonchev–Trinajstić information content (AvgIpc) is 2.99. The molecule has 0 fully saturated rings. The van der Waals surface area contributed by atoms with Crippen LogP contribution in [0.2, 0.25) is 5.02 Å². The smallest absolute Gasteiger partial charge is 0.194 e. The highest BCUT2D eigenvalue weighted by atomic mass is 35.5. The van der Waals surface area contributed by atoms with E-state index < -0.39 is 0 Å². The number of benzene rings is 1. The minimum Gasteiger partial charge on any atom is -0.380 e. The average molecular weight is 261 g/mol. The summed E-state index contributed by atoms with van der Waals surface area (Å²) < 4.78 is 5.24. The zero-order valence-electron chi connectivity index (χ0n) is 9.22. The van der Waals surface area contributed by atoms with Gasteiger partial charge in [-0.25, -0.2) is 0 Å². The van der Waals surface area contributed by atoms with Gasteiger partial charge in [0.05, 0.1) is 5.56 Å². The molecule has 5 nitrogen and oxygen atoms in total. The van der Waals surface area contributed by atoms with Crippen LogP contribution in [0.4, 0.5) is 5.82 Å². The van der Waals surface area contributed by atoms with E-state index in [-0.39, 0.29) is 0 Å². The number of hydrogen-bond acceptors (Lipinski definition) is 4. The highest BCUT2D eigenvalue weighted by Crippen LogP contribution is 2.38. The topological polar surface area (TPSA) is 80.7 Å². The molecule has 2 aromatic heterocycles. The number of nitrogens with two attached hydrogens (primary N) is 1. The number of nitrogens with zero attached hydrogens (tertiary/aromatic N) is 2. The molecule has 3 aromatic rings. The van der Waals surface area contributed by atoms with Gasteiger partial charge in [0, 0.05) is 16.8 Å². The van der Waals surface area contributed by atoms with Gasteiger partial charge in [-0.1, -0.05) is 35.0 Å². The normalized spacial score (nSPS) is 10.7. The van der Waals surface area contributed by atoms with Crippen LogP contribution in [-0.2, 0) is 0 Å². The minimum absolute atomic E-state index is 0.299. The van der Waals surface area contributed by atoms with Crippen LogP contribution >= 0.6 is 11.6 Å². The van der Waals surface area contributed by atoms with Crippen molar-refractivity contribution >= 4 is 17.4 Å². The fourth-order valence-corrected chi connectivity index (χ4v) is 2.02. The first-order valence-corrected chi connectivity index (χ1v) is 5.65. The summed E-state index contributed by atoms with van der Waals surface area (Å²) >= 11 is 6.17. The molecule has 0 unspecified atom stereocenters. The van der Waals surface area contributed by atoms with Crippen LogP contribution in [0, 0.1) is 0 Å². The molecule has 0 atom stereocenters. The fraction of sp³-hybridized carbons (Fsp3) is 0. The molecular formula is C12H9ClN4O. The number of halogens is 1. The van der Waals surface area contributed by atoms with Gasteiger partial charge < -0.3 is 10.3 Å². The number of aromatic nitrogens is 3. The van der Waals surface area contributed by atoms with E-state index in [1.807, 2.05) is 18.2 Å². The maximum absolute atomic E-state index is 6.17. The minimum atomic E-state index is 0.299. The molecule has 0 bridgehead atoms. The quantitative estimate of drug-likeness (QED) is 0.742. The lowest BCUT2D eigenvalue weighted by atomic mass is 10.0. The first-order chi connectivity index (χ1) is 8.77. The molecule has 18 heavy (non-hydrogen) atoms. The zero-order chi connectivity index (χ0) is 12.5. The molecule has 0 saturated carbocycles. The second-order valence-electron chi connectivity index (χ2n) is 3.72. The van der Waals surface area contributed by atoms with Crippen LogP contribution in [0.15, 0.2) is 41.1 Å². The van der Waals surface area contributed by atoms with Gasteiger partial charge in [-0.05, 0) is 12.1 Å². The summed E-state index contributed by atoms with van der Waals surface area (Å²) in [5.41, 5.74) is 8.00. The Kier molecular flexibility index (Phi) is 2.53. The molecular weight excluding hydrogens is 252 g/mol. The summed E-state index contributed by atoms with van der Waals surface area (Å²) in [4.78, 5) is 0. The van der Waals surface area contributed by atoms with Crippen LogP contribution in [0.25, 0.3) is 22.6 Å². The molecule has 0 amide bonds. The van der Waals surface area contributed by atoms with E-state index in [1.165, 1.54) is 0 Å². The molecule has 6 heteroatoms. The SMILES string of the molecule is Nc1noc(-c2ccn[nH]2)c1-c1ccccc1Cl. The molecule has 0 spiro atoms. The summed E-state index contributed by atoms with van der Waals surface area (Å²) in [5.74, 6) is 0.825. The van der Waals surface area contributed by atoms with Crippen LogP contribution in [0.1, 0.15) is 0 Å². The van der Waals surface area contributed by atoms with Gasteiger partial charge >= 0.3 is 0 Å². The monoisotopic (exact) mass is 260 g/mol. The summed E-state index contributed by atoms with van der Waals surface area (Å²) in [7, 11) is 0. The van der Waals surface area contributed by atoms with Gasteiger partial charge in [0.25, 0.3) is 0 Å². The third kappa shape index (κ3) is 1.65. The van der Waals surface area contributed by atoms with Crippen molar-refractivity contribution in [2.75, 3.05) is 5.73 Å². The van der Waals surface area contributed by atoms with E-state index in [0.29, 0.717) is 27.9 Å². The molecule has 0 aliphatic heterocycles. The molecule has 0 aliphatic carbocycles. The Morgan fingerprint density at radius 1 is 1.22 bits per heavy atom. The maximum Gasteiger partial charge on any atom is 0.194 e. The van der Waals surface area contributed by atoms with Crippen LogP contribution < -0.4 is 5.73 Å². The van der Waals surface area contributed by atoms with Crippen molar-refractivity contribution in [2.45, 2.75) is 0 Å².